The Kier molecular flexibility index (Phi) is 8.05. The third-order valence-electron chi connectivity index (χ3n) is 6.13. The number of carbonyl (C=O) groups excluding carboxylic acids is 2. The highest BCUT2D eigenvalue weighted by Gasteiger charge is 2.27. The smallest absolute Gasteiger partial charge is 0.341 e. The predicted octanol–water partition coefficient (Wildman–Crippen LogP) is 5.46. The van der Waals surface area contributed by atoms with Gasteiger partial charge in [-0.25, -0.2) is 9.78 Å². The van der Waals surface area contributed by atoms with Gasteiger partial charge in [0.05, 0.1) is 23.5 Å². The van der Waals surface area contributed by atoms with Gasteiger partial charge in [-0.05, 0) is 75.5 Å². The highest BCUT2D eigenvalue weighted by Crippen LogP contribution is 2.39. The number of ether oxygens (including phenoxy) is 1. The fraction of sp³-hybridized carbons (Fsp3) is 0.520. The molecule has 1 amide bonds. The second-order valence-corrected chi connectivity index (χ2v) is 10.5. The summed E-state index contributed by atoms with van der Waals surface area (Å²) >= 11 is 2.77. The van der Waals surface area contributed by atoms with Gasteiger partial charge in [-0.3, -0.25) is 4.79 Å². The van der Waals surface area contributed by atoms with E-state index in [0.717, 1.165) is 62.6 Å². The quantitative estimate of drug-likeness (QED) is 0.433. The number of rotatable bonds is 6. The fourth-order valence-electron chi connectivity index (χ4n) is 4.53. The summed E-state index contributed by atoms with van der Waals surface area (Å²) in [6.07, 6.45) is 10.5. The first-order valence-corrected chi connectivity index (χ1v) is 13.6. The van der Waals surface area contributed by atoms with E-state index in [1.807, 2.05) is 6.07 Å². The van der Waals surface area contributed by atoms with Crippen molar-refractivity contribution in [3.8, 4) is 6.07 Å². The molecular weight excluding hydrogens is 454 g/mol. The van der Waals surface area contributed by atoms with E-state index in [1.54, 1.807) is 6.92 Å². The minimum absolute atomic E-state index is 0.130. The molecule has 0 aliphatic heterocycles. The van der Waals surface area contributed by atoms with Crippen LogP contribution in [0.3, 0.4) is 0 Å². The molecule has 0 aromatic carbocycles. The molecule has 2 aliphatic carbocycles. The van der Waals surface area contributed by atoms with Crippen LogP contribution in [0.4, 0.5) is 5.00 Å². The van der Waals surface area contributed by atoms with Gasteiger partial charge in [-0.1, -0.05) is 24.6 Å². The van der Waals surface area contributed by atoms with Crippen molar-refractivity contribution >= 4 is 40.0 Å². The minimum Gasteiger partial charge on any atom is -0.462 e. The zero-order valence-electron chi connectivity index (χ0n) is 19.0. The van der Waals surface area contributed by atoms with Crippen LogP contribution in [-0.4, -0.2) is 29.2 Å². The summed E-state index contributed by atoms with van der Waals surface area (Å²) in [5.41, 5.74) is 4.32. The van der Waals surface area contributed by atoms with Crippen molar-refractivity contribution in [1.29, 1.82) is 5.26 Å². The van der Waals surface area contributed by atoms with Crippen LogP contribution in [0.25, 0.3) is 0 Å². The van der Waals surface area contributed by atoms with Crippen molar-refractivity contribution in [3.05, 3.63) is 38.9 Å². The molecule has 0 atom stereocenters. The van der Waals surface area contributed by atoms with E-state index in [4.69, 9.17) is 9.72 Å². The van der Waals surface area contributed by atoms with Crippen LogP contribution in [0, 0.1) is 11.3 Å². The van der Waals surface area contributed by atoms with Crippen LogP contribution >= 0.6 is 23.1 Å². The Morgan fingerprint density at radius 3 is 2.70 bits per heavy atom. The number of carbonyl (C=O) groups is 2. The monoisotopic (exact) mass is 483 g/mol. The Morgan fingerprint density at radius 2 is 1.91 bits per heavy atom. The largest absolute Gasteiger partial charge is 0.462 e. The normalized spacial score (nSPS) is 15.4. The number of nitrogens with zero attached hydrogens (tertiary/aromatic N) is 2. The molecule has 2 aromatic heterocycles. The summed E-state index contributed by atoms with van der Waals surface area (Å²) in [5.74, 6) is -0.442. The highest BCUT2D eigenvalue weighted by atomic mass is 32.2. The Hall–Kier alpha value is -2.37. The van der Waals surface area contributed by atoms with Crippen LogP contribution < -0.4 is 5.32 Å². The highest BCUT2D eigenvalue weighted by molar-refractivity contribution is 8.00. The lowest BCUT2D eigenvalue weighted by molar-refractivity contribution is -0.113. The molecule has 174 valence electrons. The molecule has 0 saturated heterocycles. The van der Waals surface area contributed by atoms with Gasteiger partial charge in [0.25, 0.3) is 0 Å². The molecule has 8 heteroatoms. The molecule has 0 spiro atoms. The van der Waals surface area contributed by atoms with Gasteiger partial charge in [-0.2, -0.15) is 5.26 Å². The van der Waals surface area contributed by atoms with Crippen molar-refractivity contribution < 1.29 is 14.3 Å². The number of thioether (sulfide) groups is 1. The molecule has 2 aliphatic rings. The van der Waals surface area contributed by atoms with E-state index in [9.17, 15) is 14.9 Å². The van der Waals surface area contributed by atoms with Crippen LogP contribution in [-0.2, 0) is 35.2 Å². The van der Waals surface area contributed by atoms with Crippen molar-refractivity contribution in [3.63, 3.8) is 0 Å². The number of nitrogens with one attached hydrogen (secondary N) is 1. The second kappa shape index (κ2) is 11.2. The van der Waals surface area contributed by atoms with Crippen molar-refractivity contribution in [2.75, 3.05) is 17.7 Å². The molecule has 0 radical (unpaired) electrons. The van der Waals surface area contributed by atoms with E-state index in [2.05, 4.69) is 11.4 Å². The number of amides is 1. The van der Waals surface area contributed by atoms with Gasteiger partial charge >= 0.3 is 5.97 Å². The topological polar surface area (TPSA) is 92.1 Å². The molecule has 0 bridgehead atoms. The van der Waals surface area contributed by atoms with Crippen LogP contribution in [0.5, 0.6) is 0 Å². The van der Waals surface area contributed by atoms with Crippen LogP contribution in [0.1, 0.15) is 83.1 Å². The third kappa shape index (κ3) is 5.59. The Morgan fingerprint density at radius 1 is 1.15 bits per heavy atom. The zero-order valence-corrected chi connectivity index (χ0v) is 20.6. The Bertz CT molecular complexity index is 1090. The van der Waals surface area contributed by atoms with Crippen molar-refractivity contribution in [2.24, 2.45) is 0 Å². The lowest BCUT2D eigenvalue weighted by atomic mass is 9.95. The summed E-state index contributed by atoms with van der Waals surface area (Å²) in [6, 6.07) is 4.21. The number of pyridine rings is 1. The van der Waals surface area contributed by atoms with E-state index in [1.165, 1.54) is 46.4 Å². The lowest BCUT2D eigenvalue weighted by Crippen LogP contribution is -2.17. The van der Waals surface area contributed by atoms with Gasteiger partial charge in [-0.15, -0.1) is 11.3 Å². The number of thiophene rings is 1. The average Bonchev–Trinajstić information content (AvgIpc) is 3.16. The number of esters is 1. The summed E-state index contributed by atoms with van der Waals surface area (Å²) in [7, 11) is 0. The third-order valence-corrected chi connectivity index (χ3v) is 8.33. The van der Waals surface area contributed by atoms with Crippen LogP contribution in [0.15, 0.2) is 11.1 Å². The second-order valence-electron chi connectivity index (χ2n) is 8.45. The SMILES string of the molecule is CCOC(=O)c1c(NC(=O)CSc2nc3c(cc2C#N)CCCCCC3)sc2c1CCCC2. The molecule has 0 unspecified atom stereocenters. The van der Waals surface area contributed by atoms with Gasteiger partial charge in [0.1, 0.15) is 16.1 Å². The predicted molar refractivity (Wildman–Crippen MR) is 131 cm³/mol. The van der Waals surface area contributed by atoms with E-state index in [-0.39, 0.29) is 17.6 Å². The van der Waals surface area contributed by atoms with E-state index in [0.29, 0.717) is 27.8 Å². The number of aryl methyl sites for hydroxylation is 3. The summed E-state index contributed by atoms with van der Waals surface area (Å²) < 4.78 is 5.27. The van der Waals surface area contributed by atoms with Gasteiger partial charge in [0.15, 0.2) is 0 Å². The number of aromatic nitrogens is 1. The first kappa shape index (κ1) is 23.8. The molecular formula is C25H29N3O3S2. The standard InChI is InChI=1S/C25H29N3O3S2/c1-2-31-25(30)22-18-10-7-8-12-20(18)33-24(22)28-21(29)15-32-23-17(14-26)13-16-9-5-3-4-6-11-19(16)27-23/h13H,2-12,15H2,1H3,(H,28,29). The molecule has 6 nitrogen and oxygen atoms in total. The minimum atomic E-state index is -0.366. The van der Waals surface area contributed by atoms with E-state index >= 15 is 0 Å². The van der Waals surface area contributed by atoms with E-state index < -0.39 is 0 Å². The summed E-state index contributed by atoms with van der Waals surface area (Å²) in [5, 5.41) is 13.8. The number of hydrogen-bond donors (Lipinski definition) is 1. The Labute approximate surface area is 203 Å². The number of anilines is 1. The van der Waals surface area contributed by atoms with Crippen LogP contribution in [0.2, 0.25) is 0 Å². The molecule has 4 rings (SSSR count). The molecule has 0 fully saturated rings. The molecule has 2 heterocycles. The first-order valence-electron chi connectivity index (χ1n) is 11.8. The number of hydrogen-bond acceptors (Lipinski definition) is 7. The number of nitriles is 1. The Balaban J connectivity index is 1.49. The zero-order chi connectivity index (χ0) is 23.2. The van der Waals surface area contributed by atoms with Crippen molar-refractivity contribution in [2.45, 2.75) is 76.2 Å². The fourth-order valence-corrected chi connectivity index (χ4v) is 6.60. The molecule has 33 heavy (non-hydrogen) atoms. The number of fused-ring (bicyclic) bond motifs is 2. The maximum absolute atomic E-state index is 12.8. The molecule has 0 saturated carbocycles. The lowest BCUT2D eigenvalue weighted by Gasteiger charge is -2.15. The van der Waals surface area contributed by atoms with Gasteiger partial charge in [0.2, 0.25) is 5.91 Å². The first-order chi connectivity index (χ1) is 16.1. The summed E-state index contributed by atoms with van der Waals surface area (Å²) in [4.78, 5) is 31.4. The molecule has 1 N–H and O–H groups in total. The van der Waals surface area contributed by atoms with Crippen molar-refractivity contribution in [1.82, 2.24) is 4.98 Å². The molecule has 2 aromatic rings. The average molecular weight is 484 g/mol. The maximum atomic E-state index is 12.8. The van der Waals surface area contributed by atoms with Gasteiger partial charge in [0, 0.05) is 10.6 Å². The summed E-state index contributed by atoms with van der Waals surface area (Å²) in [6.45, 7) is 2.08. The van der Waals surface area contributed by atoms with Gasteiger partial charge < -0.3 is 10.1 Å². The maximum Gasteiger partial charge on any atom is 0.341 e.